The summed E-state index contributed by atoms with van der Waals surface area (Å²) in [6.45, 7) is 0. The molecule has 152 valence electrons. The Balaban J connectivity index is 1.65. The lowest BCUT2D eigenvalue weighted by Crippen LogP contribution is -2.14. The van der Waals surface area contributed by atoms with E-state index in [-0.39, 0.29) is 5.75 Å². The van der Waals surface area contributed by atoms with Crippen LogP contribution < -0.4 is 9.47 Å². The van der Waals surface area contributed by atoms with Gasteiger partial charge in [0.05, 0.1) is 11.1 Å². The molecule has 0 amide bonds. The Hall–Kier alpha value is -3.99. The first-order valence-electron chi connectivity index (χ1n) is 10.2. The second kappa shape index (κ2) is 8.03. The van der Waals surface area contributed by atoms with Crippen LogP contribution in [0.2, 0.25) is 0 Å². The van der Waals surface area contributed by atoms with E-state index in [0.717, 1.165) is 35.8 Å². The number of ether oxygens (including phenoxy) is 2. The molecule has 0 fully saturated rings. The van der Waals surface area contributed by atoms with Crippen LogP contribution in [-0.4, -0.2) is 16.9 Å². The number of nitrogens with zero attached hydrogens (tertiary/aromatic N) is 1. The predicted molar refractivity (Wildman–Crippen MR) is 117 cm³/mol. The zero-order valence-corrected chi connectivity index (χ0v) is 16.7. The average molecular weight is 409 g/mol. The smallest absolute Gasteiger partial charge is 0.343 e. The number of aromatic nitrogens is 1. The average Bonchev–Trinajstić information content (AvgIpc) is 3.32. The van der Waals surface area contributed by atoms with Gasteiger partial charge in [0.25, 0.3) is 0 Å². The van der Waals surface area contributed by atoms with Crippen molar-refractivity contribution in [2.75, 3.05) is 0 Å². The summed E-state index contributed by atoms with van der Waals surface area (Å²) < 4.78 is 11.7. The topological polar surface area (TPSA) is 65.5 Å². The van der Waals surface area contributed by atoms with E-state index in [9.17, 15) is 9.59 Å². The van der Waals surface area contributed by atoms with Crippen LogP contribution in [0.3, 0.4) is 0 Å². The van der Waals surface area contributed by atoms with Crippen molar-refractivity contribution in [1.29, 1.82) is 0 Å². The number of hydrogen-bond acceptors (Lipinski definition) is 5. The lowest BCUT2D eigenvalue weighted by molar-refractivity contribution is 0.0683. The fourth-order valence-corrected chi connectivity index (χ4v) is 4.04. The minimum Gasteiger partial charge on any atom is -0.419 e. The minimum absolute atomic E-state index is 0.260. The van der Waals surface area contributed by atoms with Crippen molar-refractivity contribution < 1.29 is 19.1 Å². The molecule has 0 saturated heterocycles. The number of hydrogen-bond donors (Lipinski definition) is 0. The fraction of sp³-hybridized carbons (Fsp3) is 0.115. The first kappa shape index (κ1) is 19.0. The van der Waals surface area contributed by atoms with Crippen LogP contribution in [0.1, 0.15) is 38.3 Å². The lowest BCUT2D eigenvalue weighted by Gasteiger charge is -2.18. The summed E-state index contributed by atoms with van der Waals surface area (Å²) >= 11 is 0. The summed E-state index contributed by atoms with van der Waals surface area (Å²) in [4.78, 5) is 30.0. The number of carbonyl (C=O) groups excluding carboxylic acids is 2. The Morgan fingerprint density at radius 1 is 0.677 bits per heavy atom. The molecule has 31 heavy (non-hydrogen) atoms. The van der Waals surface area contributed by atoms with Gasteiger partial charge >= 0.3 is 11.9 Å². The molecule has 0 radical (unpaired) electrons. The highest BCUT2D eigenvalue weighted by molar-refractivity contribution is 6.01. The number of fused-ring (bicyclic) bond motifs is 3. The van der Waals surface area contributed by atoms with Crippen LogP contribution in [-0.2, 0) is 12.8 Å². The molecule has 0 atom stereocenters. The molecule has 5 heteroatoms. The molecule has 1 aliphatic rings. The van der Waals surface area contributed by atoms with Crippen LogP contribution in [0.4, 0.5) is 0 Å². The van der Waals surface area contributed by atoms with Crippen LogP contribution in [0, 0.1) is 0 Å². The van der Waals surface area contributed by atoms with Crippen molar-refractivity contribution in [2.24, 2.45) is 0 Å². The monoisotopic (exact) mass is 409 g/mol. The highest BCUT2D eigenvalue weighted by Gasteiger charge is 2.28. The van der Waals surface area contributed by atoms with Crippen LogP contribution in [0.25, 0.3) is 10.8 Å². The van der Waals surface area contributed by atoms with Crippen molar-refractivity contribution in [3.05, 3.63) is 101 Å². The highest BCUT2D eigenvalue weighted by atomic mass is 16.6. The summed E-state index contributed by atoms with van der Waals surface area (Å²) in [5.74, 6) is -0.408. The summed E-state index contributed by atoms with van der Waals surface area (Å²) in [7, 11) is 0. The second-order valence-electron chi connectivity index (χ2n) is 7.40. The van der Waals surface area contributed by atoms with Gasteiger partial charge in [0.1, 0.15) is 0 Å². The Bertz CT molecular complexity index is 1280. The Morgan fingerprint density at radius 3 is 1.90 bits per heavy atom. The van der Waals surface area contributed by atoms with Gasteiger partial charge in [0.2, 0.25) is 0 Å². The SMILES string of the molecule is O=C(Oc1c2c(c3cnccc3c1OC(=O)c1ccccc1)CCC2)c1ccccc1. The Kier molecular flexibility index (Phi) is 4.92. The third-order valence-corrected chi connectivity index (χ3v) is 5.50. The molecular formula is C26H19NO4. The van der Waals surface area contributed by atoms with Gasteiger partial charge < -0.3 is 9.47 Å². The maximum Gasteiger partial charge on any atom is 0.343 e. The third-order valence-electron chi connectivity index (χ3n) is 5.50. The van der Waals surface area contributed by atoms with Gasteiger partial charge in [-0.3, -0.25) is 4.98 Å². The molecule has 0 saturated carbocycles. The summed E-state index contributed by atoms with van der Waals surface area (Å²) in [6, 6.07) is 19.4. The Labute approximate surface area is 179 Å². The van der Waals surface area contributed by atoms with Gasteiger partial charge in [-0.15, -0.1) is 0 Å². The van der Waals surface area contributed by atoms with Crippen LogP contribution in [0.5, 0.6) is 11.5 Å². The minimum atomic E-state index is -0.506. The maximum atomic E-state index is 12.9. The zero-order chi connectivity index (χ0) is 21.2. The molecule has 5 nitrogen and oxygen atoms in total. The molecule has 0 aliphatic heterocycles. The van der Waals surface area contributed by atoms with E-state index in [1.54, 1.807) is 67.0 Å². The zero-order valence-electron chi connectivity index (χ0n) is 16.7. The van der Waals surface area contributed by atoms with Gasteiger partial charge in [-0.1, -0.05) is 36.4 Å². The van der Waals surface area contributed by atoms with Gasteiger partial charge in [-0.25, -0.2) is 9.59 Å². The largest absolute Gasteiger partial charge is 0.419 e. The number of aryl methyl sites for hydroxylation is 1. The number of rotatable bonds is 4. The third kappa shape index (κ3) is 3.55. The molecule has 0 unspecified atom stereocenters. The van der Waals surface area contributed by atoms with Crippen molar-refractivity contribution in [2.45, 2.75) is 19.3 Å². The van der Waals surface area contributed by atoms with E-state index in [0.29, 0.717) is 22.3 Å². The Morgan fingerprint density at radius 2 is 1.26 bits per heavy atom. The maximum absolute atomic E-state index is 12.9. The molecule has 5 rings (SSSR count). The summed E-state index contributed by atoms with van der Waals surface area (Å²) in [5, 5.41) is 1.63. The van der Waals surface area contributed by atoms with E-state index >= 15 is 0 Å². The van der Waals surface area contributed by atoms with E-state index < -0.39 is 11.9 Å². The molecular weight excluding hydrogens is 390 g/mol. The van der Waals surface area contributed by atoms with E-state index in [2.05, 4.69) is 4.98 Å². The molecule has 1 aromatic heterocycles. The summed E-state index contributed by atoms with van der Waals surface area (Å²) in [5.41, 5.74) is 2.86. The van der Waals surface area contributed by atoms with E-state index in [1.165, 1.54) is 0 Å². The quantitative estimate of drug-likeness (QED) is 0.344. The van der Waals surface area contributed by atoms with Crippen molar-refractivity contribution >= 4 is 22.7 Å². The number of carbonyl (C=O) groups is 2. The second-order valence-corrected chi connectivity index (χ2v) is 7.40. The molecule has 1 aliphatic carbocycles. The first-order chi connectivity index (χ1) is 15.2. The van der Waals surface area contributed by atoms with Gasteiger partial charge in [-0.05, 0) is 55.2 Å². The standard InChI is InChI=1S/C26H19NO4/c28-25(17-8-3-1-4-9-17)30-23-20-13-7-12-19(20)22-16-27-15-14-21(22)24(23)31-26(29)18-10-5-2-6-11-18/h1-6,8-11,14-16H,7,12-13H2. The molecule has 3 aromatic carbocycles. The molecule has 1 heterocycles. The number of benzene rings is 3. The van der Waals surface area contributed by atoms with E-state index in [1.807, 2.05) is 12.1 Å². The van der Waals surface area contributed by atoms with Crippen molar-refractivity contribution in [3.8, 4) is 11.5 Å². The number of pyridine rings is 1. The first-order valence-corrected chi connectivity index (χ1v) is 10.2. The fourth-order valence-electron chi connectivity index (χ4n) is 4.04. The number of esters is 2. The van der Waals surface area contributed by atoms with Crippen molar-refractivity contribution in [1.82, 2.24) is 4.98 Å². The molecule has 0 bridgehead atoms. The molecule has 4 aromatic rings. The van der Waals surface area contributed by atoms with Gasteiger partial charge in [0, 0.05) is 28.7 Å². The lowest BCUT2D eigenvalue weighted by atomic mass is 10.00. The highest BCUT2D eigenvalue weighted by Crippen LogP contribution is 2.46. The van der Waals surface area contributed by atoms with E-state index in [4.69, 9.17) is 9.47 Å². The molecule has 0 N–H and O–H groups in total. The molecule has 0 spiro atoms. The van der Waals surface area contributed by atoms with Gasteiger partial charge in [-0.2, -0.15) is 0 Å². The van der Waals surface area contributed by atoms with Crippen molar-refractivity contribution in [3.63, 3.8) is 0 Å². The van der Waals surface area contributed by atoms with Crippen LogP contribution >= 0.6 is 0 Å². The van der Waals surface area contributed by atoms with Gasteiger partial charge in [0.15, 0.2) is 11.5 Å². The summed E-state index contributed by atoms with van der Waals surface area (Å²) in [6.07, 6.45) is 5.97. The van der Waals surface area contributed by atoms with Crippen LogP contribution in [0.15, 0.2) is 79.1 Å². The predicted octanol–water partition coefficient (Wildman–Crippen LogP) is 5.16. The normalized spacial score (nSPS) is 12.4.